The van der Waals surface area contributed by atoms with Crippen molar-refractivity contribution in [3.63, 3.8) is 0 Å². The Labute approximate surface area is 135 Å². The predicted octanol–water partition coefficient (Wildman–Crippen LogP) is 5.00. The molecule has 0 atom stereocenters. The zero-order valence-corrected chi connectivity index (χ0v) is 13.4. The summed E-state index contributed by atoms with van der Waals surface area (Å²) in [7, 11) is 0. The van der Waals surface area contributed by atoms with E-state index in [1.165, 1.54) is 11.1 Å². The Morgan fingerprint density at radius 2 is 1.55 bits per heavy atom. The van der Waals surface area contributed by atoms with Crippen LogP contribution in [0.5, 0.6) is 0 Å². The zero-order chi connectivity index (χ0) is 15.5. The van der Waals surface area contributed by atoms with E-state index in [0.717, 1.165) is 23.2 Å². The predicted molar refractivity (Wildman–Crippen MR) is 91.2 cm³/mol. The number of nitrogens with zero attached hydrogens (tertiary/aromatic N) is 2. The molecule has 2 aromatic carbocycles. The maximum atomic E-state index is 6.44. The molecule has 0 aliphatic rings. The van der Waals surface area contributed by atoms with Crippen molar-refractivity contribution in [1.29, 1.82) is 0 Å². The van der Waals surface area contributed by atoms with Crippen molar-refractivity contribution in [3.8, 4) is 11.4 Å². The molecule has 0 saturated heterocycles. The first-order chi connectivity index (χ1) is 10.6. The van der Waals surface area contributed by atoms with Crippen LogP contribution in [0, 0.1) is 13.8 Å². The highest BCUT2D eigenvalue weighted by Crippen LogP contribution is 2.25. The van der Waals surface area contributed by atoms with Crippen molar-refractivity contribution in [2.45, 2.75) is 20.3 Å². The lowest BCUT2D eigenvalue weighted by atomic mass is 10.0. The molecule has 110 valence electrons. The summed E-state index contributed by atoms with van der Waals surface area (Å²) in [5, 5.41) is 0.537. The molecule has 1 heterocycles. The Morgan fingerprint density at radius 3 is 2.23 bits per heavy atom. The minimum atomic E-state index is 0.537. The minimum absolute atomic E-state index is 0.537. The molecule has 0 unspecified atom stereocenters. The third-order valence-corrected chi connectivity index (χ3v) is 4.14. The number of aromatic nitrogens is 2. The lowest BCUT2D eigenvalue weighted by molar-refractivity contribution is 1.02. The molecule has 3 heteroatoms. The van der Waals surface area contributed by atoms with E-state index >= 15 is 0 Å². The van der Waals surface area contributed by atoms with Crippen LogP contribution in [0.4, 0.5) is 0 Å². The monoisotopic (exact) mass is 308 g/mol. The van der Waals surface area contributed by atoms with Gasteiger partial charge in [0.15, 0.2) is 5.82 Å². The number of rotatable bonds is 3. The highest BCUT2D eigenvalue weighted by atomic mass is 35.5. The van der Waals surface area contributed by atoms with Crippen LogP contribution in [0.3, 0.4) is 0 Å². The first-order valence-electron chi connectivity index (χ1n) is 7.28. The molecule has 2 nitrogen and oxygen atoms in total. The summed E-state index contributed by atoms with van der Waals surface area (Å²) in [4.78, 5) is 9.12. The van der Waals surface area contributed by atoms with Crippen LogP contribution in [0.25, 0.3) is 11.4 Å². The molecule has 0 aliphatic heterocycles. The van der Waals surface area contributed by atoms with E-state index in [2.05, 4.69) is 29.0 Å². The highest BCUT2D eigenvalue weighted by Gasteiger charge is 2.12. The van der Waals surface area contributed by atoms with E-state index in [4.69, 9.17) is 11.6 Å². The van der Waals surface area contributed by atoms with Crippen molar-refractivity contribution in [2.24, 2.45) is 0 Å². The van der Waals surface area contributed by atoms with Crippen molar-refractivity contribution < 1.29 is 0 Å². The van der Waals surface area contributed by atoms with Gasteiger partial charge in [-0.15, -0.1) is 0 Å². The Morgan fingerprint density at radius 1 is 0.864 bits per heavy atom. The van der Waals surface area contributed by atoms with Crippen molar-refractivity contribution in [2.75, 3.05) is 0 Å². The van der Waals surface area contributed by atoms with Gasteiger partial charge in [0.25, 0.3) is 0 Å². The lowest BCUT2D eigenvalue weighted by Crippen LogP contribution is -2.02. The van der Waals surface area contributed by atoms with Gasteiger partial charge in [-0.2, -0.15) is 0 Å². The molecule has 22 heavy (non-hydrogen) atoms. The maximum Gasteiger partial charge on any atom is 0.161 e. The van der Waals surface area contributed by atoms with Gasteiger partial charge in [-0.25, -0.2) is 9.97 Å². The fraction of sp³-hybridized carbons (Fsp3) is 0.158. The smallest absolute Gasteiger partial charge is 0.161 e. The average Bonchev–Trinajstić information content (AvgIpc) is 2.53. The van der Waals surface area contributed by atoms with E-state index in [1.54, 1.807) is 0 Å². The number of halogens is 1. The van der Waals surface area contributed by atoms with Crippen LogP contribution in [-0.2, 0) is 6.42 Å². The summed E-state index contributed by atoms with van der Waals surface area (Å²) >= 11 is 6.44. The Balaban J connectivity index is 1.99. The molecule has 0 bridgehead atoms. The third kappa shape index (κ3) is 3.02. The second-order valence-electron chi connectivity index (χ2n) is 5.37. The molecule has 0 spiro atoms. The van der Waals surface area contributed by atoms with E-state index in [9.17, 15) is 0 Å². The Hall–Kier alpha value is -2.19. The molecule has 3 rings (SSSR count). The molecule has 0 saturated carbocycles. The number of aryl methyl sites for hydroxylation is 2. The van der Waals surface area contributed by atoms with Crippen molar-refractivity contribution >= 4 is 11.6 Å². The molecule has 0 fully saturated rings. The fourth-order valence-electron chi connectivity index (χ4n) is 2.48. The first kappa shape index (κ1) is 14.7. The fourth-order valence-corrected chi connectivity index (χ4v) is 2.76. The van der Waals surface area contributed by atoms with Crippen LogP contribution in [0.15, 0.2) is 54.6 Å². The van der Waals surface area contributed by atoms with Gasteiger partial charge in [0.05, 0.1) is 0 Å². The summed E-state index contributed by atoms with van der Waals surface area (Å²) in [6.07, 6.45) is 0.756. The van der Waals surface area contributed by atoms with Gasteiger partial charge in [-0.1, -0.05) is 66.2 Å². The van der Waals surface area contributed by atoms with Crippen molar-refractivity contribution in [3.05, 3.63) is 82.1 Å². The zero-order valence-electron chi connectivity index (χ0n) is 12.7. The van der Waals surface area contributed by atoms with Crippen molar-refractivity contribution in [1.82, 2.24) is 9.97 Å². The molecule has 0 N–H and O–H groups in total. The first-order valence-corrected chi connectivity index (χ1v) is 7.66. The number of hydrogen-bond donors (Lipinski definition) is 0. The molecule has 3 aromatic rings. The Bertz CT molecular complexity index is 775. The SMILES string of the molecule is Cc1ccccc1Cc1c(C)nc(-c2ccccc2)nc1Cl. The van der Waals surface area contributed by atoms with Gasteiger partial charge in [0, 0.05) is 23.2 Å². The number of benzene rings is 2. The summed E-state index contributed by atoms with van der Waals surface area (Å²) < 4.78 is 0. The lowest BCUT2D eigenvalue weighted by Gasteiger charge is -2.11. The molecule has 1 aromatic heterocycles. The van der Waals surface area contributed by atoms with Gasteiger partial charge in [-0.3, -0.25) is 0 Å². The number of hydrogen-bond acceptors (Lipinski definition) is 2. The summed E-state index contributed by atoms with van der Waals surface area (Å²) in [6.45, 7) is 4.10. The quantitative estimate of drug-likeness (QED) is 0.636. The van der Waals surface area contributed by atoms with Crippen LogP contribution < -0.4 is 0 Å². The molecule has 0 radical (unpaired) electrons. The molecule has 0 amide bonds. The van der Waals surface area contributed by atoms with Gasteiger partial charge >= 0.3 is 0 Å². The average molecular weight is 309 g/mol. The normalized spacial score (nSPS) is 10.7. The largest absolute Gasteiger partial charge is 0.233 e. The van der Waals surface area contributed by atoms with E-state index < -0.39 is 0 Å². The van der Waals surface area contributed by atoms with E-state index in [1.807, 2.05) is 49.4 Å². The second-order valence-corrected chi connectivity index (χ2v) is 5.73. The van der Waals surface area contributed by atoms with Crippen LogP contribution >= 0.6 is 11.6 Å². The molecular formula is C19H17ClN2. The van der Waals surface area contributed by atoms with Gasteiger partial charge in [-0.05, 0) is 25.0 Å². The van der Waals surface area contributed by atoms with Crippen LogP contribution in [-0.4, -0.2) is 9.97 Å². The van der Waals surface area contributed by atoms with Gasteiger partial charge < -0.3 is 0 Å². The second kappa shape index (κ2) is 6.29. The minimum Gasteiger partial charge on any atom is -0.233 e. The maximum absolute atomic E-state index is 6.44. The summed E-state index contributed by atoms with van der Waals surface area (Å²) in [5.41, 5.74) is 5.42. The molecular weight excluding hydrogens is 292 g/mol. The van der Waals surface area contributed by atoms with Gasteiger partial charge in [0.1, 0.15) is 5.15 Å². The summed E-state index contributed by atoms with van der Waals surface area (Å²) in [5.74, 6) is 0.677. The topological polar surface area (TPSA) is 25.8 Å². The van der Waals surface area contributed by atoms with Crippen LogP contribution in [0.2, 0.25) is 5.15 Å². The third-order valence-electron chi connectivity index (χ3n) is 3.82. The standard InChI is InChI=1S/C19H17ClN2/c1-13-8-6-7-11-16(13)12-17-14(2)21-19(22-18(17)20)15-9-4-3-5-10-15/h3-11H,12H2,1-2H3. The summed E-state index contributed by atoms with van der Waals surface area (Å²) in [6, 6.07) is 18.2. The van der Waals surface area contributed by atoms with E-state index in [0.29, 0.717) is 11.0 Å². The van der Waals surface area contributed by atoms with E-state index in [-0.39, 0.29) is 0 Å². The van der Waals surface area contributed by atoms with Gasteiger partial charge in [0.2, 0.25) is 0 Å². The van der Waals surface area contributed by atoms with Crippen LogP contribution in [0.1, 0.15) is 22.4 Å². The highest BCUT2D eigenvalue weighted by molar-refractivity contribution is 6.30. The Kier molecular flexibility index (Phi) is 4.21. The molecule has 0 aliphatic carbocycles.